The molecule has 2 heterocycles. The lowest BCUT2D eigenvalue weighted by atomic mass is 10.1. The molecule has 0 unspecified atom stereocenters. The molecule has 0 fully saturated rings. The summed E-state index contributed by atoms with van der Waals surface area (Å²) in [5, 5.41) is 10.7. The van der Waals surface area contributed by atoms with Crippen molar-refractivity contribution in [2.24, 2.45) is 12.0 Å². The first-order chi connectivity index (χ1) is 14.2. The van der Waals surface area contributed by atoms with Crippen molar-refractivity contribution < 1.29 is 0 Å². The molecule has 0 atom stereocenters. The van der Waals surface area contributed by atoms with Gasteiger partial charge in [0.05, 0.1) is 6.54 Å². The Hall–Kier alpha value is -2.62. The van der Waals surface area contributed by atoms with Crippen molar-refractivity contribution in [3.05, 3.63) is 77.4 Å². The molecule has 30 heavy (non-hydrogen) atoms. The second kappa shape index (κ2) is 10.4. The minimum absolute atomic E-state index is 0. The van der Waals surface area contributed by atoms with Crippen LogP contribution < -0.4 is 15.5 Å². The Morgan fingerprint density at radius 3 is 2.50 bits per heavy atom. The molecule has 0 spiro atoms. The molecule has 2 aromatic carbocycles. The average Bonchev–Trinajstić information content (AvgIpc) is 3.35. The van der Waals surface area contributed by atoms with E-state index in [1.807, 2.05) is 7.05 Å². The van der Waals surface area contributed by atoms with Crippen molar-refractivity contribution in [1.82, 2.24) is 25.4 Å². The molecule has 0 aliphatic carbocycles. The van der Waals surface area contributed by atoms with E-state index < -0.39 is 0 Å². The third-order valence-electron chi connectivity index (χ3n) is 5.28. The van der Waals surface area contributed by atoms with Gasteiger partial charge in [-0.25, -0.2) is 4.98 Å². The molecule has 0 saturated carbocycles. The number of para-hydroxylation sites is 1. The van der Waals surface area contributed by atoms with Gasteiger partial charge in [0.2, 0.25) is 0 Å². The standard InChI is InChI=1S/C22H27N7.HI/c1-23-22(25-14-21-26-16-27-28(21)2)24-13-17-7-9-18(10-8-17)15-29-12-11-19-5-3-4-6-20(19)29;/h3-10,16H,11-15H2,1-2H3,(H2,23,24,25);1H. The van der Waals surface area contributed by atoms with Crippen molar-refractivity contribution >= 4 is 35.6 Å². The molecule has 2 N–H and O–H groups in total. The third kappa shape index (κ3) is 5.29. The Labute approximate surface area is 194 Å². The first-order valence-electron chi connectivity index (χ1n) is 9.91. The summed E-state index contributed by atoms with van der Waals surface area (Å²) >= 11 is 0. The SMILES string of the molecule is CN=C(NCc1ccc(CN2CCc3ccccc32)cc1)NCc1ncnn1C.I. The summed E-state index contributed by atoms with van der Waals surface area (Å²) in [7, 11) is 3.64. The van der Waals surface area contributed by atoms with Crippen molar-refractivity contribution in [1.29, 1.82) is 0 Å². The van der Waals surface area contributed by atoms with E-state index in [1.165, 1.54) is 22.4 Å². The van der Waals surface area contributed by atoms with Gasteiger partial charge in [-0.2, -0.15) is 5.10 Å². The van der Waals surface area contributed by atoms with Crippen molar-refractivity contribution in [3.8, 4) is 0 Å². The lowest BCUT2D eigenvalue weighted by Crippen LogP contribution is -2.36. The molecule has 4 rings (SSSR count). The van der Waals surface area contributed by atoms with E-state index in [4.69, 9.17) is 0 Å². The molecular formula is C22H28IN7. The third-order valence-corrected chi connectivity index (χ3v) is 5.28. The number of benzene rings is 2. The Balaban J connectivity index is 0.00000256. The summed E-state index contributed by atoms with van der Waals surface area (Å²) in [6, 6.07) is 17.5. The van der Waals surface area contributed by atoms with Crippen LogP contribution in [0, 0.1) is 0 Å². The minimum atomic E-state index is 0. The van der Waals surface area contributed by atoms with Crippen LogP contribution in [0.3, 0.4) is 0 Å². The van der Waals surface area contributed by atoms with Gasteiger partial charge in [0.15, 0.2) is 5.96 Å². The first-order valence-corrected chi connectivity index (χ1v) is 9.91. The number of anilines is 1. The number of aromatic nitrogens is 3. The lowest BCUT2D eigenvalue weighted by molar-refractivity contribution is 0.672. The van der Waals surface area contributed by atoms with E-state index in [2.05, 4.69) is 79.1 Å². The molecule has 8 heteroatoms. The van der Waals surface area contributed by atoms with Gasteiger partial charge in [0.25, 0.3) is 0 Å². The first kappa shape index (κ1) is 22.1. The van der Waals surface area contributed by atoms with Gasteiger partial charge < -0.3 is 15.5 Å². The number of fused-ring (bicyclic) bond motifs is 1. The molecule has 3 aromatic rings. The van der Waals surface area contributed by atoms with E-state index in [0.29, 0.717) is 13.1 Å². The summed E-state index contributed by atoms with van der Waals surface area (Å²) in [6.07, 6.45) is 2.69. The predicted octanol–water partition coefficient (Wildman–Crippen LogP) is 2.86. The van der Waals surface area contributed by atoms with Crippen LogP contribution in [-0.4, -0.2) is 34.3 Å². The summed E-state index contributed by atoms with van der Waals surface area (Å²) < 4.78 is 1.75. The van der Waals surface area contributed by atoms with Gasteiger partial charge in [-0.05, 0) is 29.2 Å². The van der Waals surface area contributed by atoms with E-state index in [1.54, 1.807) is 18.1 Å². The van der Waals surface area contributed by atoms with Gasteiger partial charge in [-0.1, -0.05) is 42.5 Å². The Bertz CT molecular complexity index is 981. The maximum absolute atomic E-state index is 4.27. The monoisotopic (exact) mass is 517 g/mol. The summed E-state index contributed by atoms with van der Waals surface area (Å²) in [5.74, 6) is 1.60. The number of nitrogens with one attached hydrogen (secondary N) is 2. The van der Waals surface area contributed by atoms with Crippen LogP contribution in [0.2, 0.25) is 0 Å². The number of aliphatic imine (C=N–C) groups is 1. The van der Waals surface area contributed by atoms with Crippen molar-refractivity contribution in [2.45, 2.75) is 26.1 Å². The Morgan fingerprint density at radius 1 is 1.03 bits per heavy atom. The van der Waals surface area contributed by atoms with E-state index in [-0.39, 0.29) is 24.0 Å². The number of guanidine groups is 1. The minimum Gasteiger partial charge on any atom is -0.367 e. The number of rotatable bonds is 6. The van der Waals surface area contributed by atoms with Crippen LogP contribution in [0.25, 0.3) is 0 Å². The van der Waals surface area contributed by atoms with Gasteiger partial charge in [-0.3, -0.25) is 9.67 Å². The van der Waals surface area contributed by atoms with Crippen LogP contribution in [-0.2, 0) is 33.1 Å². The highest BCUT2D eigenvalue weighted by Crippen LogP contribution is 2.28. The zero-order chi connectivity index (χ0) is 20.1. The molecular weight excluding hydrogens is 489 g/mol. The molecule has 0 bridgehead atoms. The average molecular weight is 517 g/mol. The topological polar surface area (TPSA) is 70.4 Å². The van der Waals surface area contributed by atoms with E-state index in [0.717, 1.165) is 31.3 Å². The second-order valence-electron chi connectivity index (χ2n) is 7.20. The van der Waals surface area contributed by atoms with Gasteiger partial charge >= 0.3 is 0 Å². The van der Waals surface area contributed by atoms with Crippen molar-refractivity contribution in [2.75, 3.05) is 18.5 Å². The molecule has 1 aliphatic rings. The number of aryl methyl sites for hydroxylation is 1. The molecule has 7 nitrogen and oxygen atoms in total. The number of hydrogen-bond donors (Lipinski definition) is 2. The molecule has 0 amide bonds. The van der Waals surface area contributed by atoms with Crippen molar-refractivity contribution in [3.63, 3.8) is 0 Å². The van der Waals surface area contributed by atoms with Crippen LogP contribution in [0.4, 0.5) is 5.69 Å². The van der Waals surface area contributed by atoms with Gasteiger partial charge in [0, 0.05) is 39.4 Å². The number of hydrogen-bond acceptors (Lipinski definition) is 4. The maximum atomic E-state index is 4.27. The summed E-state index contributed by atoms with van der Waals surface area (Å²) in [5.41, 5.74) is 5.37. The highest BCUT2D eigenvalue weighted by atomic mass is 127. The lowest BCUT2D eigenvalue weighted by Gasteiger charge is -2.19. The molecule has 0 saturated heterocycles. The highest BCUT2D eigenvalue weighted by molar-refractivity contribution is 14.0. The molecule has 1 aliphatic heterocycles. The van der Waals surface area contributed by atoms with E-state index in [9.17, 15) is 0 Å². The maximum Gasteiger partial charge on any atom is 0.191 e. The van der Waals surface area contributed by atoms with E-state index >= 15 is 0 Å². The van der Waals surface area contributed by atoms with Crippen LogP contribution in [0.15, 0.2) is 59.9 Å². The number of nitrogens with zero attached hydrogens (tertiary/aromatic N) is 5. The van der Waals surface area contributed by atoms with Crippen LogP contribution in [0.5, 0.6) is 0 Å². The fraction of sp³-hybridized carbons (Fsp3) is 0.318. The summed E-state index contributed by atoms with van der Waals surface area (Å²) in [4.78, 5) is 10.9. The molecule has 1 aromatic heterocycles. The molecule has 0 radical (unpaired) electrons. The molecule has 158 valence electrons. The normalized spacial score (nSPS) is 13.0. The van der Waals surface area contributed by atoms with Crippen LogP contribution in [0.1, 0.15) is 22.5 Å². The number of halogens is 1. The smallest absolute Gasteiger partial charge is 0.191 e. The second-order valence-corrected chi connectivity index (χ2v) is 7.20. The van der Waals surface area contributed by atoms with Crippen LogP contribution >= 0.6 is 24.0 Å². The summed E-state index contributed by atoms with van der Waals surface area (Å²) in [6.45, 7) is 3.33. The fourth-order valence-electron chi connectivity index (χ4n) is 3.60. The Morgan fingerprint density at radius 2 is 1.77 bits per heavy atom. The zero-order valence-electron chi connectivity index (χ0n) is 17.4. The zero-order valence-corrected chi connectivity index (χ0v) is 19.7. The largest absolute Gasteiger partial charge is 0.367 e. The van der Waals surface area contributed by atoms with Gasteiger partial charge in [0.1, 0.15) is 12.2 Å². The quantitative estimate of drug-likeness (QED) is 0.299. The predicted molar refractivity (Wildman–Crippen MR) is 131 cm³/mol. The van der Waals surface area contributed by atoms with Gasteiger partial charge in [-0.15, -0.1) is 24.0 Å². The fourth-order valence-corrected chi connectivity index (χ4v) is 3.60. The highest BCUT2D eigenvalue weighted by Gasteiger charge is 2.18. The Kier molecular flexibility index (Phi) is 7.67.